The molecule has 0 atom stereocenters. The predicted molar refractivity (Wildman–Crippen MR) is 58.4 cm³/mol. The molecule has 0 unspecified atom stereocenters. The molecule has 80 valence electrons. The van der Waals surface area contributed by atoms with Gasteiger partial charge in [-0.1, -0.05) is 0 Å². The summed E-state index contributed by atoms with van der Waals surface area (Å²) in [6, 6.07) is 3.40. The summed E-state index contributed by atoms with van der Waals surface area (Å²) in [6.07, 6.45) is 4.98. The summed E-state index contributed by atoms with van der Waals surface area (Å²) in [6.45, 7) is 1.73. The standard InChI is InChI=1S/C11H15N3O/c12-10-5-4-9(8-13-10)11(15)14-6-2-1-3-7-14/h4-5,8H,1-3,6-7H2,(H2,12,13). The number of nitrogens with two attached hydrogens (primary N) is 1. The maximum Gasteiger partial charge on any atom is 0.255 e. The van der Waals surface area contributed by atoms with E-state index in [0.717, 1.165) is 25.9 Å². The smallest absolute Gasteiger partial charge is 0.255 e. The van der Waals surface area contributed by atoms with Crippen LogP contribution in [0.3, 0.4) is 0 Å². The van der Waals surface area contributed by atoms with Crippen LogP contribution in [0.25, 0.3) is 0 Å². The Bertz CT molecular complexity index is 341. The number of pyridine rings is 1. The number of hydrogen-bond donors (Lipinski definition) is 1. The van der Waals surface area contributed by atoms with Gasteiger partial charge in [-0.3, -0.25) is 4.79 Å². The Morgan fingerprint density at radius 1 is 1.27 bits per heavy atom. The van der Waals surface area contributed by atoms with E-state index in [1.54, 1.807) is 18.3 Å². The van der Waals surface area contributed by atoms with Crippen LogP contribution in [0, 0.1) is 0 Å². The molecule has 15 heavy (non-hydrogen) atoms. The number of hydrogen-bond acceptors (Lipinski definition) is 3. The molecule has 1 aromatic rings. The maximum absolute atomic E-state index is 12.0. The van der Waals surface area contributed by atoms with Crippen LogP contribution in [0.2, 0.25) is 0 Å². The highest BCUT2D eigenvalue weighted by Crippen LogP contribution is 2.12. The van der Waals surface area contributed by atoms with Crippen molar-refractivity contribution in [3.05, 3.63) is 23.9 Å². The van der Waals surface area contributed by atoms with E-state index in [0.29, 0.717) is 11.4 Å². The summed E-state index contributed by atoms with van der Waals surface area (Å²) in [5, 5.41) is 0. The van der Waals surface area contributed by atoms with E-state index >= 15 is 0 Å². The molecule has 1 saturated heterocycles. The molecule has 1 fully saturated rings. The number of aromatic nitrogens is 1. The maximum atomic E-state index is 12.0. The second-order valence-corrected chi connectivity index (χ2v) is 3.82. The summed E-state index contributed by atoms with van der Waals surface area (Å²) in [5.74, 6) is 0.521. The van der Waals surface area contributed by atoms with Crippen molar-refractivity contribution in [1.82, 2.24) is 9.88 Å². The van der Waals surface area contributed by atoms with Gasteiger partial charge in [0.25, 0.3) is 5.91 Å². The molecule has 4 nitrogen and oxygen atoms in total. The van der Waals surface area contributed by atoms with Crippen LogP contribution in [0.1, 0.15) is 29.6 Å². The molecule has 2 rings (SSSR count). The van der Waals surface area contributed by atoms with Crippen molar-refractivity contribution in [3.8, 4) is 0 Å². The lowest BCUT2D eigenvalue weighted by Gasteiger charge is -2.26. The average molecular weight is 205 g/mol. The zero-order chi connectivity index (χ0) is 10.7. The van der Waals surface area contributed by atoms with Crippen molar-refractivity contribution in [2.45, 2.75) is 19.3 Å². The molecule has 1 aliphatic heterocycles. The molecule has 2 heterocycles. The molecule has 1 aliphatic rings. The van der Waals surface area contributed by atoms with Gasteiger partial charge in [-0.15, -0.1) is 0 Å². The zero-order valence-electron chi connectivity index (χ0n) is 8.65. The fourth-order valence-electron chi connectivity index (χ4n) is 1.81. The average Bonchev–Trinajstić information content (AvgIpc) is 2.30. The quantitative estimate of drug-likeness (QED) is 0.751. The second-order valence-electron chi connectivity index (χ2n) is 3.82. The lowest BCUT2D eigenvalue weighted by Crippen LogP contribution is -2.35. The Kier molecular flexibility index (Phi) is 2.85. The van der Waals surface area contributed by atoms with E-state index in [1.165, 1.54) is 6.42 Å². The van der Waals surface area contributed by atoms with Crippen LogP contribution < -0.4 is 5.73 Å². The predicted octanol–water partition coefficient (Wildman–Crippen LogP) is 1.29. The zero-order valence-corrected chi connectivity index (χ0v) is 8.65. The Morgan fingerprint density at radius 2 is 2.00 bits per heavy atom. The van der Waals surface area contributed by atoms with Crippen LogP contribution in [-0.4, -0.2) is 28.9 Å². The molecule has 1 aromatic heterocycles. The molecule has 0 aromatic carbocycles. The fraction of sp³-hybridized carbons (Fsp3) is 0.455. The highest BCUT2D eigenvalue weighted by atomic mass is 16.2. The van der Waals surface area contributed by atoms with Gasteiger partial charge in [0.2, 0.25) is 0 Å². The third-order valence-corrected chi connectivity index (χ3v) is 2.68. The number of likely N-dealkylation sites (tertiary alicyclic amines) is 1. The van der Waals surface area contributed by atoms with E-state index < -0.39 is 0 Å². The van der Waals surface area contributed by atoms with Gasteiger partial charge >= 0.3 is 0 Å². The number of amides is 1. The minimum absolute atomic E-state index is 0.0715. The Morgan fingerprint density at radius 3 is 2.60 bits per heavy atom. The molecular weight excluding hydrogens is 190 g/mol. The van der Waals surface area contributed by atoms with Gasteiger partial charge in [-0.2, -0.15) is 0 Å². The number of rotatable bonds is 1. The number of carbonyl (C=O) groups excluding carboxylic acids is 1. The SMILES string of the molecule is Nc1ccc(C(=O)N2CCCCC2)cn1. The Labute approximate surface area is 89.1 Å². The van der Waals surface area contributed by atoms with Crippen LogP contribution in [0.5, 0.6) is 0 Å². The summed E-state index contributed by atoms with van der Waals surface area (Å²) >= 11 is 0. The van der Waals surface area contributed by atoms with Crippen molar-refractivity contribution in [2.75, 3.05) is 18.8 Å². The van der Waals surface area contributed by atoms with Crippen molar-refractivity contribution in [3.63, 3.8) is 0 Å². The fourth-order valence-corrected chi connectivity index (χ4v) is 1.81. The molecule has 0 saturated carbocycles. The third kappa shape index (κ3) is 2.26. The lowest BCUT2D eigenvalue weighted by atomic mass is 10.1. The van der Waals surface area contributed by atoms with Crippen LogP contribution in [0.4, 0.5) is 5.82 Å². The van der Waals surface area contributed by atoms with Crippen LogP contribution in [0.15, 0.2) is 18.3 Å². The minimum atomic E-state index is 0.0715. The van der Waals surface area contributed by atoms with Gasteiger partial charge in [0.15, 0.2) is 0 Å². The normalized spacial score (nSPS) is 16.4. The molecule has 4 heteroatoms. The molecule has 1 amide bonds. The minimum Gasteiger partial charge on any atom is -0.384 e. The lowest BCUT2D eigenvalue weighted by molar-refractivity contribution is 0.0724. The van der Waals surface area contributed by atoms with E-state index in [1.807, 2.05) is 4.90 Å². The monoisotopic (exact) mass is 205 g/mol. The van der Waals surface area contributed by atoms with Crippen molar-refractivity contribution >= 4 is 11.7 Å². The first kappa shape index (κ1) is 9.96. The number of nitrogens with zero attached hydrogens (tertiary/aromatic N) is 2. The van der Waals surface area contributed by atoms with Crippen molar-refractivity contribution in [2.24, 2.45) is 0 Å². The number of piperidine rings is 1. The van der Waals surface area contributed by atoms with E-state index in [9.17, 15) is 4.79 Å². The molecule has 2 N–H and O–H groups in total. The van der Waals surface area contributed by atoms with Gasteiger partial charge in [-0.25, -0.2) is 4.98 Å². The summed E-state index contributed by atoms with van der Waals surface area (Å²) in [5.41, 5.74) is 6.10. The first-order chi connectivity index (χ1) is 7.27. The van der Waals surface area contributed by atoms with Gasteiger partial charge in [0.1, 0.15) is 5.82 Å². The third-order valence-electron chi connectivity index (χ3n) is 2.68. The summed E-state index contributed by atoms with van der Waals surface area (Å²) in [4.78, 5) is 17.8. The van der Waals surface area contributed by atoms with Crippen molar-refractivity contribution in [1.29, 1.82) is 0 Å². The molecule has 0 bridgehead atoms. The highest BCUT2D eigenvalue weighted by molar-refractivity contribution is 5.94. The van der Waals surface area contributed by atoms with E-state index in [-0.39, 0.29) is 5.91 Å². The van der Waals surface area contributed by atoms with E-state index in [4.69, 9.17) is 5.73 Å². The largest absolute Gasteiger partial charge is 0.384 e. The van der Waals surface area contributed by atoms with Gasteiger partial charge in [0, 0.05) is 19.3 Å². The molecule has 0 spiro atoms. The Balaban J connectivity index is 2.09. The van der Waals surface area contributed by atoms with E-state index in [2.05, 4.69) is 4.98 Å². The van der Waals surface area contributed by atoms with Gasteiger partial charge in [-0.05, 0) is 31.4 Å². The number of anilines is 1. The number of carbonyl (C=O) groups is 1. The van der Waals surface area contributed by atoms with Crippen LogP contribution in [-0.2, 0) is 0 Å². The van der Waals surface area contributed by atoms with Gasteiger partial charge < -0.3 is 10.6 Å². The molecule has 0 radical (unpaired) electrons. The molecular formula is C11H15N3O. The van der Waals surface area contributed by atoms with Crippen molar-refractivity contribution < 1.29 is 4.79 Å². The molecule has 0 aliphatic carbocycles. The van der Waals surface area contributed by atoms with Gasteiger partial charge in [0.05, 0.1) is 5.56 Å². The topological polar surface area (TPSA) is 59.2 Å². The first-order valence-electron chi connectivity index (χ1n) is 5.28. The number of nitrogen functional groups attached to an aromatic ring is 1. The first-order valence-corrected chi connectivity index (χ1v) is 5.28. The highest BCUT2D eigenvalue weighted by Gasteiger charge is 2.17. The second kappa shape index (κ2) is 4.29. The Hall–Kier alpha value is -1.58. The summed E-state index contributed by atoms with van der Waals surface area (Å²) < 4.78 is 0. The summed E-state index contributed by atoms with van der Waals surface area (Å²) in [7, 11) is 0. The van der Waals surface area contributed by atoms with Crippen LogP contribution >= 0.6 is 0 Å².